The SMILES string of the molecule is CC[C@H]1Cc2ccccc2CN1CCCC(=O)NC(N)=O. The maximum Gasteiger partial charge on any atom is 0.318 e. The minimum Gasteiger partial charge on any atom is -0.351 e. The van der Waals surface area contributed by atoms with Crippen LogP contribution in [0.4, 0.5) is 4.79 Å². The molecule has 0 aliphatic carbocycles. The van der Waals surface area contributed by atoms with E-state index >= 15 is 0 Å². The molecule has 0 bridgehead atoms. The normalized spacial score (nSPS) is 18.0. The Morgan fingerprint density at radius 3 is 2.71 bits per heavy atom. The van der Waals surface area contributed by atoms with Crippen molar-refractivity contribution in [3.63, 3.8) is 0 Å². The van der Waals surface area contributed by atoms with Gasteiger partial charge in [-0.25, -0.2) is 4.79 Å². The van der Waals surface area contributed by atoms with Gasteiger partial charge in [0, 0.05) is 19.0 Å². The zero-order valence-electron chi connectivity index (χ0n) is 12.5. The third-order valence-electron chi connectivity index (χ3n) is 4.05. The van der Waals surface area contributed by atoms with Crippen molar-refractivity contribution in [1.82, 2.24) is 10.2 Å². The molecule has 0 aromatic heterocycles. The number of benzene rings is 1. The third-order valence-corrected chi connectivity index (χ3v) is 4.05. The minimum atomic E-state index is -0.779. The number of hydrogen-bond donors (Lipinski definition) is 2. The van der Waals surface area contributed by atoms with Gasteiger partial charge in [-0.3, -0.25) is 15.0 Å². The molecule has 2 rings (SSSR count). The number of nitrogens with zero attached hydrogens (tertiary/aromatic N) is 1. The number of nitrogens with two attached hydrogens (primary N) is 1. The number of urea groups is 1. The molecule has 5 nitrogen and oxygen atoms in total. The Bertz CT molecular complexity index is 516. The second-order valence-corrected chi connectivity index (χ2v) is 5.52. The van der Waals surface area contributed by atoms with Gasteiger partial charge in [0.2, 0.25) is 5.91 Å². The molecule has 1 aromatic rings. The third kappa shape index (κ3) is 4.29. The van der Waals surface area contributed by atoms with E-state index in [1.165, 1.54) is 11.1 Å². The van der Waals surface area contributed by atoms with Crippen molar-refractivity contribution in [2.24, 2.45) is 5.73 Å². The van der Waals surface area contributed by atoms with Crippen molar-refractivity contribution in [2.75, 3.05) is 6.54 Å². The van der Waals surface area contributed by atoms with E-state index in [0.717, 1.165) is 32.4 Å². The van der Waals surface area contributed by atoms with Crippen molar-refractivity contribution >= 4 is 11.9 Å². The summed E-state index contributed by atoms with van der Waals surface area (Å²) in [5.74, 6) is -0.298. The molecular weight excluding hydrogens is 266 g/mol. The van der Waals surface area contributed by atoms with Crippen molar-refractivity contribution in [3.05, 3.63) is 35.4 Å². The van der Waals surface area contributed by atoms with Crippen LogP contribution in [0.15, 0.2) is 24.3 Å². The summed E-state index contributed by atoms with van der Waals surface area (Å²) >= 11 is 0. The van der Waals surface area contributed by atoms with Gasteiger partial charge < -0.3 is 5.73 Å². The predicted octanol–water partition coefficient (Wildman–Crippen LogP) is 1.80. The van der Waals surface area contributed by atoms with Crippen molar-refractivity contribution < 1.29 is 9.59 Å². The lowest BCUT2D eigenvalue weighted by molar-refractivity contribution is -0.120. The van der Waals surface area contributed by atoms with Crippen LogP contribution in [0.5, 0.6) is 0 Å². The quantitative estimate of drug-likeness (QED) is 0.868. The largest absolute Gasteiger partial charge is 0.351 e. The highest BCUT2D eigenvalue weighted by atomic mass is 16.2. The first-order chi connectivity index (χ1) is 10.1. The predicted molar refractivity (Wildman–Crippen MR) is 81.6 cm³/mol. The van der Waals surface area contributed by atoms with E-state index in [1.54, 1.807) is 0 Å². The molecule has 0 saturated heterocycles. The van der Waals surface area contributed by atoms with E-state index in [9.17, 15) is 9.59 Å². The molecule has 1 atom stereocenters. The fourth-order valence-corrected chi connectivity index (χ4v) is 2.95. The van der Waals surface area contributed by atoms with Gasteiger partial charge in [-0.1, -0.05) is 31.2 Å². The second-order valence-electron chi connectivity index (χ2n) is 5.52. The Kier molecular flexibility index (Phi) is 5.33. The number of nitrogens with one attached hydrogen (secondary N) is 1. The molecule has 0 spiro atoms. The topological polar surface area (TPSA) is 75.4 Å². The first-order valence-corrected chi connectivity index (χ1v) is 7.50. The Hall–Kier alpha value is -1.88. The Morgan fingerprint density at radius 1 is 1.33 bits per heavy atom. The second kappa shape index (κ2) is 7.22. The zero-order valence-corrected chi connectivity index (χ0v) is 12.5. The average Bonchev–Trinajstić information content (AvgIpc) is 2.45. The van der Waals surface area contributed by atoms with E-state index in [4.69, 9.17) is 5.73 Å². The van der Waals surface area contributed by atoms with E-state index in [-0.39, 0.29) is 5.91 Å². The standard InChI is InChI=1S/C16H23N3O2/c1-2-14-10-12-6-3-4-7-13(12)11-19(14)9-5-8-15(20)18-16(17)21/h3-4,6-7,14H,2,5,8-11H2,1H3,(H3,17,18,20,21)/t14-/m0/s1. The summed E-state index contributed by atoms with van der Waals surface area (Å²) in [6, 6.07) is 8.29. The highest BCUT2D eigenvalue weighted by Gasteiger charge is 2.24. The van der Waals surface area contributed by atoms with Crippen LogP contribution in [0.2, 0.25) is 0 Å². The monoisotopic (exact) mass is 289 g/mol. The van der Waals surface area contributed by atoms with E-state index < -0.39 is 6.03 Å². The van der Waals surface area contributed by atoms with Gasteiger partial charge >= 0.3 is 6.03 Å². The molecule has 5 heteroatoms. The summed E-state index contributed by atoms with van der Waals surface area (Å²) in [6.45, 7) is 4.00. The van der Waals surface area contributed by atoms with Crippen LogP contribution in [0.3, 0.4) is 0 Å². The van der Waals surface area contributed by atoms with Crippen molar-refractivity contribution in [2.45, 2.75) is 45.2 Å². The van der Waals surface area contributed by atoms with Crippen LogP contribution >= 0.6 is 0 Å². The molecule has 1 aliphatic heterocycles. The maximum absolute atomic E-state index is 11.4. The van der Waals surface area contributed by atoms with Gasteiger partial charge in [0.1, 0.15) is 0 Å². The van der Waals surface area contributed by atoms with Gasteiger partial charge in [0.15, 0.2) is 0 Å². The Balaban J connectivity index is 1.88. The number of carbonyl (C=O) groups is 2. The fourth-order valence-electron chi connectivity index (χ4n) is 2.95. The van der Waals surface area contributed by atoms with Gasteiger partial charge in [0.05, 0.1) is 0 Å². The summed E-state index contributed by atoms with van der Waals surface area (Å²) in [4.78, 5) is 24.4. The molecule has 0 fully saturated rings. The summed E-state index contributed by atoms with van der Waals surface area (Å²) < 4.78 is 0. The molecule has 0 radical (unpaired) electrons. The lowest BCUT2D eigenvalue weighted by Gasteiger charge is -2.36. The van der Waals surface area contributed by atoms with Gasteiger partial charge in [0.25, 0.3) is 0 Å². The Morgan fingerprint density at radius 2 is 2.05 bits per heavy atom. The molecule has 1 aromatic carbocycles. The van der Waals surface area contributed by atoms with E-state index in [1.807, 2.05) is 0 Å². The number of carbonyl (C=O) groups excluding carboxylic acids is 2. The molecule has 114 valence electrons. The summed E-state index contributed by atoms with van der Waals surface area (Å²) in [7, 11) is 0. The molecular formula is C16H23N3O2. The van der Waals surface area contributed by atoms with Crippen molar-refractivity contribution in [1.29, 1.82) is 0 Å². The smallest absolute Gasteiger partial charge is 0.318 e. The summed E-state index contributed by atoms with van der Waals surface area (Å²) in [5, 5.41) is 2.10. The van der Waals surface area contributed by atoms with Gasteiger partial charge in [-0.05, 0) is 36.9 Å². The van der Waals surface area contributed by atoms with Crippen LogP contribution in [0.1, 0.15) is 37.3 Å². The fraction of sp³-hybridized carbons (Fsp3) is 0.500. The number of amides is 3. The number of primary amides is 1. The molecule has 21 heavy (non-hydrogen) atoms. The first-order valence-electron chi connectivity index (χ1n) is 7.50. The molecule has 0 saturated carbocycles. The number of fused-ring (bicyclic) bond motifs is 1. The number of rotatable bonds is 5. The molecule has 0 unspecified atom stereocenters. The van der Waals surface area contributed by atoms with Crippen LogP contribution in [0.25, 0.3) is 0 Å². The lowest BCUT2D eigenvalue weighted by Crippen LogP contribution is -2.41. The number of imide groups is 1. The number of hydrogen-bond acceptors (Lipinski definition) is 3. The first kappa shape index (κ1) is 15.5. The van der Waals surface area contributed by atoms with Crippen LogP contribution in [-0.2, 0) is 17.8 Å². The highest BCUT2D eigenvalue weighted by Crippen LogP contribution is 2.25. The van der Waals surface area contributed by atoms with Gasteiger partial charge in [-0.15, -0.1) is 0 Å². The van der Waals surface area contributed by atoms with Crippen LogP contribution in [0, 0.1) is 0 Å². The van der Waals surface area contributed by atoms with Crippen LogP contribution < -0.4 is 11.1 Å². The lowest BCUT2D eigenvalue weighted by atomic mass is 9.92. The average molecular weight is 289 g/mol. The molecule has 1 aliphatic rings. The van der Waals surface area contributed by atoms with E-state index in [2.05, 4.69) is 41.4 Å². The minimum absolute atomic E-state index is 0.298. The zero-order chi connectivity index (χ0) is 15.2. The van der Waals surface area contributed by atoms with Gasteiger partial charge in [-0.2, -0.15) is 0 Å². The Labute approximate surface area is 125 Å². The summed E-state index contributed by atoms with van der Waals surface area (Å²) in [5.41, 5.74) is 7.74. The highest BCUT2D eigenvalue weighted by molar-refractivity contribution is 5.93. The summed E-state index contributed by atoms with van der Waals surface area (Å²) in [6.07, 6.45) is 3.23. The molecule has 3 amide bonds. The van der Waals surface area contributed by atoms with E-state index in [0.29, 0.717) is 12.5 Å². The van der Waals surface area contributed by atoms with Crippen molar-refractivity contribution in [3.8, 4) is 0 Å². The van der Waals surface area contributed by atoms with Crippen LogP contribution in [-0.4, -0.2) is 29.4 Å². The maximum atomic E-state index is 11.4. The molecule has 3 N–H and O–H groups in total. The molecule has 1 heterocycles.